The summed E-state index contributed by atoms with van der Waals surface area (Å²) in [7, 11) is 0. The van der Waals surface area contributed by atoms with E-state index in [0.29, 0.717) is 12.3 Å². The average Bonchev–Trinajstić information content (AvgIpc) is 3.04. The van der Waals surface area contributed by atoms with E-state index >= 15 is 0 Å². The fraction of sp³-hybridized carbons (Fsp3) is 0.364. The Bertz CT molecular complexity index is 469. The predicted molar refractivity (Wildman–Crippen MR) is 60.7 cm³/mol. The van der Waals surface area contributed by atoms with Crippen molar-refractivity contribution in [2.75, 3.05) is 5.32 Å². The molecule has 2 rings (SSSR count). The van der Waals surface area contributed by atoms with E-state index in [4.69, 9.17) is 0 Å². The highest BCUT2D eigenvalue weighted by atomic mass is 16.6. The Kier molecular flexibility index (Phi) is 2.95. The summed E-state index contributed by atoms with van der Waals surface area (Å²) < 4.78 is 0. The number of benzene rings is 1. The maximum atomic E-state index is 11.5. The monoisotopic (exact) mass is 236 g/mol. The number of anilines is 1. The Labute approximate surface area is 97.4 Å². The summed E-state index contributed by atoms with van der Waals surface area (Å²) in [6.07, 6.45) is 2.50. The van der Waals surface area contributed by atoms with E-state index in [1.165, 1.54) is 12.1 Å². The predicted octanol–water partition coefficient (Wildman–Crippen LogP) is 2.04. The van der Waals surface area contributed by atoms with Gasteiger partial charge in [0.2, 0.25) is 5.91 Å². The molecule has 1 aromatic rings. The quantitative estimate of drug-likeness (QED) is 0.475. The van der Waals surface area contributed by atoms with Crippen LogP contribution in [0.4, 0.5) is 11.4 Å². The molecule has 0 saturated heterocycles. The first-order valence-corrected chi connectivity index (χ1v) is 5.33. The van der Waals surface area contributed by atoms with Gasteiger partial charge in [0.25, 0.3) is 5.69 Å². The molecule has 0 heterocycles. The SMILES string of the molecule is O=C(CC1CC1)Nc1cc([N+](=O)[O-])ccc1O. The van der Waals surface area contributed by atoms with Crippen LogP contribution in [0.15, 0.2) is 18.2 Å². The van der Waals surface area contributed by atoms with Crippen LogP contribution in [-0.4, -0.2) is 15.9 Å². The molecule has 1 amide bonds. The van der Waals surface area contributed by atoms with Gasteiger partial charge in [-0.2, -0.15) is 0 Å². The highest BCUT2D eigenvalue weighted by molar-refractivity contribution is 5.92. The smallest absolute Gasteiger partial charge is 0.271 e. The second-order valence-corrected chi connectivity index (χ2v) is 4.15. The van der Waals surface area contributed by atoms with Crippen molar-refractivity contribution >= 4 is 17.3 Å². The third kappa shape index (κ3) is 2.93. The number of hydrogen-bond donors (Lipinski definition) is 2. The summed E-state index contributed by atoms with van der Waals surface area (Å²) in [4.78, 5) is 21.5. The molecule has 6 heteroatoms. The number of nitro groups is 1. The number of nitrogens with zero attached hydrogens (tertiary/aromatic N) is 1. The minimum absolute atomic E-state index is 0.0878. The van der Waals surface area contributed by atoms with Gasteiger partial charge in [-0.15, -0.1) is 0 Å². The molecular weight excluding hydrogens is 224 g/mol. The van der Waals surface area contributed by atoms with Crippen molar-refractivity contribution in [3.05, 3.63) is 28.3 Å². The third-order valence-electron chi connectivity index (χ3n) is 2.64. The first-order valence-electron chi connectivity index (χ1n) is 5.33. The molecule has 0 aliphatic heterocycles. The summed E-state index contributed by atoms with van der Waals surface area (Å²) in [6.45, 7) is 0. The first-order chi connectivity index (χ1) is 8.06. The van der Waals surface area contributed by atoms with Gasteiger partial charge in [-0.3, -0.25) is 14.9 Å². The Morgan fingerprint density at radius 1 is 1.53 bits per heavy atom. The van der Waals surface area contributed by atoms with E-state index in [1.807, 2.05) is 0 Å². The van der Waals surface area contributed by atoms with Crippen LogP contribution in [0.3, 0.4) is 0 Å². The molecule has 17 heavy (non-hydrogen) atoms. The Balaban J connectivity index is 2.09. The molecule has 0 atom stereocenters. The third-order valence-corrected chi connectivity index (χ3v) is 2.64. The van der Waals surface area contributed by atoms with Crippen molar-refractivity contribution in [1.82, 2.24) is 0 Å². The van der Waals surface area contributed by atoms with E-state index in [1.54, 1.807) is 0 Å². The van der Waals surface area contributed by atoms with Gasteiger partial charge in [-0.05, 0) is 24.8 Å². The summed E-state index contributed by atoms with van der Waals surface area (Å²) >= 11 is 0. The number of nitro benzene ring substituents is 1. The second-order valence-electron chi connectivity index (χ2n) is 4.15. The maximum absolute atomic E-state index is 11.5. The van der Waals surface area contributed by atoms with Gasteiger partial charge in [-0.1, -0.05) is 0 Å². The Morgan fingerprint density at radius 2 is 2.24 bits per heavy atom. The van der Waals surface area contributed by atoms with Crippen molar-refractivity contribution in [2.45, 2.75) is 19.3 Å². The summed E-state index contributed by atoms with van der Waals surface area (Å²) in [6, 6.07) is 3.54. The molecule has 0 unspecified atom stereocenters. The average molecular weight is 236 g/mol. The van der Waals surface area contributed by atoms with E-state index in [9.17, 15) is 20.0 Å². The zero-order valence-electron chi connectivity index (χ0n) is 9.05. The lowest BCUT2D eigenvalue weighted by molar-refractivity contribution is -0.384. The number of carbonyl (C=O) groups is 1. The van der Waals surface area contributed by atoms with Crippen molar-refractivity contribution in [1.29, 1.82) is 0 Å². The van der Waals surface area contributed by atoms with Crippen LogP contribution in [0.5, 0.6) is 5.75 Å². The van der Waals surface area contributed by atoms with E-state index in [-0.39, 0.29) is 23.0 Å². The number of nitrogens with one attached hydrogen (secondary N) is 1. The number of amides is 1. The molecular formula is C11H12N2O4. The summed E-state index contributed by atoms with van der Waals surface area (Å²) in [5.41, 5.74) is -0.0747. The lowest BCUT2D eigenvalue weighted by Gasteiger charge is -2.06. The minimum Gasteiger partial charge on any atom is -0.506 e. The number of phenols is 1. The molecule has 1 fully saturated rings. The molecule has 6 nitrogen and oxygen atoms in total. The second kappa shape index (κ2) is 4.40. The molecule has 0 radical (unpaired) electrons. The zero-order chi connectivity index (χ0) is 12.4. The number of rotatable bonds is 4. The Hall–Kier alpha value is -2.11. The van der Waals surface area contributed by atoms with E-state index in [0.717, 1.165) is 18.9 Å². The number of non-ortho nitro benzene ring substituents is 1. The van der Waals surface area contributed by atoms with Crippen LogP contribution in [0.1, 0.15) is 19.3 Å². The van der Waals surface area contributed by atoms with Gasteiger partial charge in [0.15, 0.2) is 0 Å². The van der Waals surface area contributed by atoms with Crippen molar-refractivity contribution in [2.24, 2.45) is 5.92 Å². The molecule has 1 saturated carbocycles. The van der Waals surface area contributed by atoms with Gasteiger partial charge < -0.3 is 10.4 Å². The number of aromatic hydroxyl groups is 1. The number of phenolic OH excluding ortho intramolecular Hbond substituents is 1. The lowest BCUT2D eigenvalue weighted by atomic mass is 10.2. The van der Waals surface area contributed by atoms with E-state index < -0.39 is 4.92 Å². The van der Waals surface area contributed by atoms with Crippen LogP contribution in [-0.2, 0) is 4.79 Å². The van der Waals surface area contributed by atoms with Gasteiger partial charge in [0.05, 0.1) is 10.6 Å². The standard InChI is InChI=1S/C11H12N2O4/c14-10-4-3-8(13(16)17)6-9(10)12-11(15)5-7-1-2-7/h3-4,6-7,14H,1-2,5H2,(H,12,15). The minimum atomic E-state index is -0.573. The molecule has 0 spiro atoms. The number of carbonyl (C=O) groups excluding carboxylic acids is 1. The highest BCUT2D eigenvalue weighted by Crippen LogP contribution is 2.33. The molecule has 2 N–H and O–H groups in total. The molecule has 1 aliphatic rings. The molecule has 1 aromatic carbocycles. The fourth-order valence-corrected chi connectivity index (χ4v) is 1.52. The van der Waals surface area contributed by atoms with Crippen LogP contribution < -0.4 is 5.32 Å². The first kappa shape index (κ1) is 11.4. The van der Waals surface area contributed by atoms with Crippen LogP contribution in [0, 0.1) is 16.0 Å². The topological polar surface area (TPSA) is 92.5 Å². The molecule has 90 valence electrons. The largest absolute Gasteiger partial charge is 0.506 e. The van der Waals surface area contributed by atoms with Crippen LogP contribution >= 0.6 is 0 Å². The number of hydrogen-bond acceptors (Lipinski definition) is 4. The van der Waals surface area contributed by atoms with Gasteiger partial charge in [-0.25, -0.2) is 0 Å². The lowest BCUT2D eigenvalue weighted by Crippen LogP contribution is -2.12. The Morgan fingerprint density at radius 3 is 2.82 bits per heavy atom. The summed E-state index contributed by atoms with van der Waals surface area (Å²) in [5, 5.41) is 22.5. The van der Waals surface area contributed by atoms with Crippen molar-refractivity contribution < 1.29 is 14.8 Å². The van der Waals surface area contributed by atoms with Crippen LogP contribution in [0.2, 0.25) is 0 Å². The van der Waals surface area contributed by atoms with Crippen molar-refractivity contribution in [3.63, 3.8) is 0 Å². The van der Waals surface area contributed by atoms with Crippen molar-refractivity contribution in [3.8, 4) is 5.75 Å². The van der Waals surface area contributed by atoms with Crippen LogP contribution in [0.25, 0.3) is 0 Å². The molecule has 0 aromatic heterocycles. The normalized spacial score (nSPS) is 14.4. The maximum Gasteiger partial charge on any atom is 0.271 e. The van der Waals surface area contributed by atoms with E-state index in [2.05, 4.69) is 5.32 Å². The van der Waals surface area contributed by atoms with Gasteiger partial charge in [0.1, 0.15) is 5.75 Å². The zero-order valence-corrected chi connectivity index (χ0v) is 9.05. The molecule has 1 aliphatic carbocycles. The summed E-state index contributed by atoms with van der Waals surface area (Å²) in [5.74, 6) is 0.0406. The van der Waals surface area contributed by atoms with Gasteiger partial charge >= 0.3 is 0 Å². The molecule has 0 bridgehead atoms. The van der Waals surface area contributed by atoms with Gasteiger partial charge in [0, 0.05) is 18.6 Å². The fourth-order valence-electron chi connectivity index (χ4n) is 1.52. The highest BCUT2D eigenvalue weighted by Gasteiger charge is 2.24.